The molecule has 1 amide bonds. The van der Waals surface area contributed by atoms with Crippen molar-refractivity contribution in [2.75, 3.05) is 26.7 Å². The van der Waals surface area contributed by atoms with Gasteiger partial charge in [-0.25, -0.2) is 0 Å². The molecule has 0 fully saturated rings. The van der Waals surface area contributed by atoms with Gasteiger partial charge in [-0.15, -0.1) is 0 Å². The number of carbonyl (C=O) groups is 1. The van der Waals surface area contributed by atoms with Crippen LogP contribution in [0.5, 0.6) is 5.75 Å². The van der Waals surface area contributed by atoms with Crippen LogP contribution in [-0.2, 0) is 10.2 Å². The molecule has 4 heteroatoms. The topological polar surface area (TPSA) is 50.4 Å². The van der Waals surface area contributed by atoms with E-state index in [-0.39, 0.29) is 17.2 Å². The van der Waals surface area contributed by atoms with Gasteiger partial charge < -0.3 is 15.4 Å². The van der Waals surface area contributed by atoms with E-state index in [2.05, 4.69) is 43.5 Å². The maximum absolute atomic E-state index is 11.7. The molecule has 0 saturated heterocycles. The summed E-state index contributed by atoms with van der Waals surface area (Å²) in [6.07, 6.45) is 0. The average Bonchev–Trinajstić information content (AvgIpc) is 2.43. The third-order valence-electron chi connectivity index (χ3n) is 3.35. The summed E-state index contributed by atoms with van der Waals surface area (Å²) < 4.78 is 5.63. The highest BCUT2D eigenvalue weighted by Gasteiger charge is 2.13. The molecule has 4 nitrogen and oxygen atoms in total. The normalized spacial score (nSPS) is 12.8. The van der Waals surface area contributed by atoms with Crippen molar-refractivity contribution in [1.29, 1.82) is 0 Å². The van der Waals surface area contributed by atoms with Gasteiger partial charge in [0.25, 0.3) is 0 Å². The van der Waals surface area contributed by atoms with E-state index in [9.17, 15) is 4.79 Å². The molecule has 1 rings (SSSR count). The predicted molar refractivity (Wildman–Crippen MR) is 86.7 cm³/mol. The van der Waals surface area contributed by atoms with Crippen molar-refractivity contribution in [3.05, 3.63) is 29.8 Å². The van der Waals surface area contributed by atoms with Crippen molar-refractivity contribution < 1.29 is 9.53 Å². The van der Waals surface area contributed by atoms with E-state index in [1.165, 1.54) is 5.56 Å². The van der Waals surface area contributed by atoms with Crippen molar-refractivity contribution in [3.63, 3.8) is 0 Å². The molecule has 0 radical (unpaired) electrons. The van der Waals surface area contributed by atoms with Crippen molar-refractivity contribution in [2.45, 2.75) is 33.1 Å². The van der Waals surface area contributed by atoms with E-state index >= 15 is 0 Å². The number of amides is 1. The Kier molecular flexibility index (Phi) is 6.69. The highest BCUT2D eigenvalue weighted by atomic mass is 16.5. The van der Waals surface area contributed by atoms with Gasteiger partial charge in [-0.05, 0) is 30.2 Å². The van der Waals surface area contributed by atoms with Gasteiger partial charge >= 0.3 is 0 Å². The standard InChI is InChI=1S/C17H28N2O2/c1-13(12-18-5)16(20)19-10-11-21-15-8-6-14(7-9-15)17(2,3)4/h6-9,13,18H,10-12H2,1-5H3,(H,19,20). The van der Waals surface area contributed by atoms with E-state index in [1.54, 1.807) is 0 Å². The SMILES string of the molecule is CNCC(C)C(=O)NCCOc1ccc(C(C)(C)C)cc1. The van der Waals surface area contributed by atoms with Gasteiger partial charge in [-0.2, -0.15) is 0 Å². The second-order valence-corrected chi connectivity index (χ2v) is 6.37. The first-order valence-electron chi connectivity index (χ1n) is 7.50. The summed E-state index contributed by atoms with van der Waals surface area (Å²) in [6.45, 7) is 10.1. The molecule has 0 aliphatic carbocycles. The molecule has 1 unspecified atom stereocenters. The second-order valence-electron chi connectivity index (χ2n) is 6.37. The quantitative estimate of drug-likeness (QED) is 0.758. The van der Waals surface area contributed by atoms with Gasteiger partial charge in [0.2, 0.25) is 5.91 Å². The minimum atomic E-state index is -0.0268. The number of rotatable bonds is 7. The summed E-state index contributed by atoms with van der Waals surface area (Å²) >= 11 is 0. The van der Waals surface area contributed by atoms with Crippen LogP contribution in [0, 0.1) is 5.92 Å². The van der Waals surface area contributed by atoms with E-state index in [0.29, 0.717) is 19.7 Å². The molecule has 1 aromatic rings. The molecule has 0 spiro atoms. The maximum atomic E-state index is 11.7. The molecular weight excluding hydrogens is 264 g/mol. The minimum Gasteiger partial charge on any atom is -0.492 e. The number of hydrogen-bond acceptors (Lipinski definition) is 3. The van der Waals surface area contributed by atoms with Crippen molar-refractivity contribution in [1.82, 2.24) is 10.6 Å². The molecule has 0 aromatic heterocycles. The number of nitrogens with one attached hydrogen (secondary N) is 2. The van der Waals surface area contributed by atoms with Crippen LogP contribution in [0.25, 0.3) is 0 Å². The smallest absolute Gasteiger partial charge is 0.224 e. The van der Waals surface area contributed by atoms with Crippen LogP contribution in [0.1, 0.15) is 33.3 Å². The lowest BCUT2D eigenvalue weighted by molar-refractivity contribution is -0.124. The Balaban J connectivity index is 2.32. The van der Waals surface area contributed by atoms with Gasteiger partial charge in [0.05, 0.1) is 6.54 Å². The zero-order valence-electron chi connectivity index (χ0n) is 13.8. The van der Waals surface area contributed by atoms with Crippen LogP contribution < -0.4 is 15.4 Å². The molecule has 0 aliphatic rings. The monoisotopic (exact) mass is 292 g/mol. The van der Waals surface area contributed by atoms with Crippen LogP contribution in [-0.4, -0.2) is 32.7 Å². The minimum absolute atomic E-state index is 0.0268. The number of hydrogen-bond donors (Lipinski definition) is 2. The Labute approximate surface area is 128 Å². The average molecular weight is 292 g/mol. The first-order valence-corrected chi connectivity index (χ1v) is 7.50. The fourth-order valence-electron chi connectivity index (χ4n) is 1.97. The Hall–Kier alpha value is -1.55. The van der Waals surface area contributed by atoms with Crippen LogP contribution >= 0.6 is 0 Å². The van der Waals surface area contributed by atoms with Gasteiger partial charge in [0.15, 0.2) is 0 Å². The van der Waals surface area contributed by atoms with E-state index in [1.807, 2.05) is 26.1 Å². The summed E-state index contributed by atoms with van der Waals surface area (Å²) in [5.41, 5.74) is 1.43. The summed E-state index contributed by atoms with van der Waals surface area (Å²) in [4.78, 5) is 11.7. The van der Waals surface area contributed by atoms with E-state index < -0.39 is 0 Å². The molecular formula is C17H28N2O2. The molecule has 21 heavy (non-hydrogen) atoms. The van der Waals surface area contributed by atoms with Gasteiger partial charge in [-0.1, -0.05) is 39.8 Å². The Morgan fingerprint density at radius 2 is 1.86 bits per heavy atom. The zero-order chi connectivity index (χ0) is 15.9. The molecule has 0 bridgehead atoms. The molecule has 1 aromatic carbocycles. The first-order chi connectivity index (χ1) is 9.84. The van der Waals surface area contributed by atoms with Crippen molar-refractivity contribution in [3.8, 4) is 5.75 Å². The van der Waals surface area contributed by atoms with E-state index in [4.69, 9.17) is 4.74 Å². The van der Waals surface area contributed by atoms with Crippen molar-refractivity contribution in [2.24, 2.45) is 5.92 Å². The molecule has 2 N–H and O–H groups in total. The van der Waals surface area contributed by atoms with Crippen LogP contribution in [0.2, 0.25) is 0 Å². The molecule has 1 atom stereocenters. The van der Waals surface area contributed by atoms with Gasteiger partial charge in [0.1, 0.15) is 12.4 Å². The van der Waals surface area contributed by atoms with Crippen LogP contribution in [0.15, 0.2) is 24.3 Å². The van der Waals surface area contributed by atoms with Crippen molar-refractivity contribution >= 4 is 5.91 Å². The highest BCUT2D eigenvalue weighted by Crippen LogP contribution is 2.24. The number of benzene rings is 1. The lowest BCUT2D eigenvalue weighted by Gasteiger charge is -2.19. The van der Waals surface area contributed by atoms with Crippen LogP contribution in [0.3, 0.4) is 0 Å². The predicted octanol–water partition coefficient (Wildman–Crippen LogP) is 2.33. The van der Waals surface area contributed by atoms with Gasteiger partial charge in [0, 0.05) is 12.5 Å². The number of ether oxygens (including phenoxy) is 1. The molecule has 118 valence electrons. The van der Waals surface area contributed by atoms with E-state index in [0.717, 1.165) is 5.75 Å². The molecule has 0 aliphatic heterocycles. The fourth-order valence-corrected chi connectivity index (χ4v) is 1.97. The largest absolute Gasteiger partial charge is 0.492 e. The molecule has 0 saturated carbocycles. The third kappa shape index (κ3) is 6.17. The Bertz CT molecular complexity index is 435. The summed E-state index contributed by atoms with van der Waals surface area (Å²) in [5, 5.41) is 5.86. The molecule has 0 heterocycles. The van der Waals surface area contributed by atoms with Crippen LogP contribution in [0.4, 0.5) is 0 Å². The lowest BCUT2D eigenvalue weighted by Crippen LogP contribution is -2.36. The zero-order valence-corrected chi connectivity index (χ0v) is 13.8. The summed E-state index contributed by atoms with van der Waals surface area (Å²) in [6, 6.07) is 8.13. The Morgan fingerprint density at radius 1 is 1.24 bits per heavy atom. The summed E-state index contributed by atoms with van der Waals surface area (Å²) in [7, 11) is 1.84. The van der Waals surface area contributed by atoms with Gasteiger partial charge in [-0.3, -0.25) is 4.79 Å². The maximum Gasteiger partial charge on any atom is 0.224 e. The number of carbonyl (C=O) groups excluding carboxylic acids is 1. The fraction of sp³-hybridized carbons (Fsp3) is 0.588. The lowest BCUT2D eigenvalue weighted by atomic mass is 9.87. The second kappa shape index (κ2) is 8.03. The first kappa shape index (κ1) is 17.5. The Morgan fingerprint density at radius 3 is 2.38 bits per heavy atom. The highest BCUT2D eigenvalue weighted by molar-refractivity contribution is 5.78. The third-order valence-corrected chi connectivity index (χ3v) is 3.35. The summed E-state index contributed by atoms with van der Waals surface area (Å²) in [5.74, 6) is 0.859.